The summed E-state index contributed by atoms with van der Waals surface area (Å²) in [5, 5.41) is 8.55. The normalized spacial score (nSPS) is 14.1. The number of nitrogens with one attached hydrogen (secondary N) is 3. The fourth-order valence-electron chi connectivity index (χ4n) is 4.25. The molecule has 4 unspecified atom stereocenters. The SMILES string of the molecule is COCC(NC(=O)c1cnc(C)s1)C(=O)NC(COC)C(=O)NC(Cc1ccccc1)C(=O)C(C)(CI)OC(=O)CCCOC(C)=O. The van der Waals surface area contributed by atoms with E-state index in [4.69, 9.17) is 18.9 Å². The number of amides is 3. The molecule has 0 spiro atoms. The summed E-state index contributed by atoms with van der Waals surface area (Å²) in [4.78, 5) is 81.6. The molecule has 1 aromatic heterocycles. The van der Waals surface area contributed by atoms with Crippen LogP contribution in [0.1, 0.15) is 46.9 Å². The van der Waals surface area contributed by atoms with Gasteiger partial charge in [0, 0.05) is 32.0 Å². The minimum Gasteiger partial charge on any atom is -0.466 e. The highest BCUT2D eigenvalue weighted by Gasteiger charge is 2.42. The van der Waals surface area contributed by atoms with Crippen LogP contribution in [0.4, 0.5) is 0 Å². The van der Waals surface area contributed by atoms with Gasteiger partial charge in [0.2, 0.25) is 11.8 Å². The van der Waals surface area contributed by atoms with Gasteiger partial charge in [-0.25, -0.2) is 4.98 Å². The molecule has 3 amide bonds. The number of aromatic nitrogens is 1. The third-order valence-corrected chi connectivity index (χ3v) is 9.00. The molecule has 2 rings (SSSR count). The molecule has 47 heavy (non-hydrogen) atoms. The lowest BCUT2D eigenvalue weighted by atomic mass is 9.92. The van der Waals surface area contributed by atoms with Gasteiger partial charge in [0.15, 0.2) is 11.4 Å². The Bertz CT molecular complexity index is 1380. The second-order valence-electron chi connectivity index (χ2n) is 10.6. The fraction of sp³-hybridized carbons (Fsp3) is 0.516. The van der Waals surface area contributed by atoms with Crippen molar-refractivity contribution in [3.63, 3.8) is 0 Å². The Kier molecular flexibility index (Phi) is 16.9. The average Bonchev–Trinajstić information content (AvgIpc) is 3.48. The van der Waals surface area contributed by atoms with Gasteiger partial charge in [-0.3, -0.25) is 28.8 Å². The first-order chi connectivity index (χ1) is 22.3. The van der Waals surface area contributed by atoms with Crippen LogP contribution in [-0.2, 0) is 49.3 Å². The maximum Gasteiger partial charge on any atom is 0.306 e. The van der Waals surface area contributed by atoms with E-state index in [0.717, 1.165) is 16.9 Å². The van der Waals surface area contributed by atoms with Gasteiger partial charge in [0.1, 0.15) is 17.0 Å². The molecule has 0 radical (unpaired) electrons. The van der Waals surface area contributed by atoms with E-state index in [9.17, 15) is 28.8 Å². The molecular weight excluding hydrogens is 747 g/mol. The number of methoxy groups -OCH3 is 2. The number of esters is 2. The van der Waals surface area contributed by atoms with Crippen LogP contribution in [-0.4, -0.2) is 103 Å². The van der Waals surface area contributed by atoms with Crippen molar-refractivity contribution < 1.29 is 47.7 Å². The van der Waals surface area contributed by atoms with Crippen LogP contribution in [0.2, 0.25) is 0 Å². The van der Waals surface area contributed by atoms with Crippen molar-refractivity contribution in [1.29, 1.82) is 0 Å². The number of alkyl halides is 1. The van der Waals surface area contributed by atoms with Gasteiger partial charge >= 0.3 is 11.9 Å². The van der Waals surface area contributed by atoms with E-state index in [1.54, 1.807) is 37.3 Å². The number of ether oxygens (including phenoxy) is 4. The van der Waals surface area contributed by atoms with Crippen molar-refractivity contribution in [2.45, 2.75) is 63.8 Å². The van der Waals surface area contributed by atoms with Gasteiger partial charge < -0.3 is 34.9 Å². The summed E-state index contributed by atoms with van der Waals surface area (Å²) in [6, 6.07) is 5.34. The first kappa shape index (κ1) is 39.7. The van der Waals surface area contributed by atoms with E-state index in [1.165, 1.54) is 34.3 Å². The molecule has 0 fully saturated rings. The van der Waals surface area contributed by atoms with Gasteiger partial charge in [-0.15, -0.1) is 11.3 Å². The topological polar surface area (TPSA) is 188 Å². The second-order valence-corrected chi connectivity index (χ2v) is 12.6. The number of hydrogen-bond donors (Lipinski definition) is 3. The summed E-state index contributed by atoms with van der Waals surface area (Å²) in [7, 11) is 2.70. The third-order valence-electron chi connectivity index (χ3n) is 6.63. The maximum atomic E-state index is 14.0. The number of carbonyl (C=O) groups is 6. The molecule has 2 aromatic rings. The standard InChI is InChI=1S/C31H41IN4O10S/c1-19-33-15-25(47-19)30(42)36-24(17-44-5)29(41)35-23(16-43-4)28(40)34-22(14-21-10-7-6-8-11-21)27(39)31(3,18-32)46-26(38)12-9-13-45-20(2)37/h6-8,10-11,15,22-24H,9,12-14,16-18H2,1-5H3,(H,34,40)(H,35,41)(H,36,42). The van der Waals surface area contributed by atoms with Crippen molar-refractivity contribution in [3.8, 4) is 0 Å². The molecule has 0 aliphatic rings. The van der Waals surface area contributed by atoms with Crippen LogP contribution < -0.4 is 16.0 Å². The largest absolute Gasteiger partial charge is 0.466 e. The molecule has 1 aromatic carbocycles. The molecule has 258 valence electrons. The lowest BCUT2D eigenvalue weighted by Crippen LogP contribution is -2.60. The van der Waals surface area contributed by atoms with E-state index in [2.05, 4.69) is 20.9 Å². The number of rotatable bonds is 20. The van der Waals surface area contributed by atoms with Crippen molar-refractivity contribution >= 4 is 69.4 Å². The molecule has 14 nitrogen and oxygen atoms in total. The monoisotopic (exact) mass is 788 g/mol. The predicted octanol–water partition coefficient (Wildman–Crippen LogP) is 1.70. The number of nitrogens with zero attached hydrogens (tertiary/aromatic N) is 1. The Balaban J connectivity index is 2.24. The third kappa shape index (κ3) is 13.3. The van der Waals surface area contributed by atoms with Crippen LogP contribution in [0, 0.1) is 6.92 Å². The summed E-state index contributed by atoms with van der Waals surface area (Å²) in [6.45, 7) is 4.05. The summed E-state index contributed by atoms with van der Waals surface area (Å²) in [5.74, 6) is -3.70. The van der Waals surface area contributed by atoms with Crippen molar-refractivity contribution in [2.75, 3.05) is 38.5 Å². The Morgan fingerprint density at radius 2 is 1.53 bits per heavy atom. The number of thiazole rings is 1. The predicted molar refractivity (Wildman–Crippen MR) is 180 cm³/mol. The van der Waals surface area contributed by atoms with Crippen molar-refractivity contribution in [3.05, 3.63) is 52.0 Å². The molecule has 3 N–H and O–H groups in total. The second kappa shape index (κ2) is 20.0. The van der Waals surface area contributed by atoms with Crippen molar-refractivity contribution in [1.82, 2.24) is 20.9 Å². The summed E-state index contributed by atoms with van der Waals surface area (Å²) in [5.41, 5.74) is -0.891. The molecular formula is C31H41IN4O10S. The molecule has 4 atom stereocenters. The average molecular weight is 789 g/mol. The first-order valence-corrected chi connectivity index (χ1v) is 17.0. The highest BCUT2D eigenvalue weighted by atomic mass is 127. The maximum absolute atomic E-state index is 14.0. The van der Waals surface area contributed by atoms with Crippen LogP contribution >= 0.6 is 33.9 Å². The van der Waals surface area contributed by atoms with Gasteiger partial charge in [0.05, 0.1) is 37.1 Å². The van der Waals surface area contributed by atoms with Gasteiger partial charge in [0.25, 0.3) is 5.91 Å². The Morgan fingerprint density at radius 1 is 0.936 bits per heavy atom. The zero-order valence-electron chi connectivity index (χ0n) is 27.0. The Hall–Kier alpha value is -3.48. The van der Waals surface area contributed by atoms with Crippen molar-refractivity contribution in [2.24, 2.45) is 0 Å². The molecule has 0 bridgehead atoms. The van der Waals surface area contributed by atoms with Gasteiger partial charge in [-0.1, -0.05) is 52.9 Å². The molecule has 0 aliphatic heterocycles. The highest BCUT2D eigenvalue weighted by molar-refractivity contribution is 14.1. The molecule has 16 heteroatoms. The fourth-order valence-corrected chi connectivity index (χ4v) is 5.46. The van der Waals surface area contributed by atoms with E-state index in [1.807, 2.05) is 22.6 Å². The number of halogens is 1. The quantitative estimate of drug-likeness (QED) is 0.0768. The minimum absolute atomic E-state index is 0.0262. The Morgan fingerprint density at radius 3 is 2.06 bits per heavy atom. The van der Waals surface area contributed by atoms with Gasteiger partial charge in [-0.2, -0.15) is 0 Å². The number of Topliss-reactive ketones (excluding diaryl/α,β-unsaturated/α-hetero) is 1. The molecule has 1 heterocycles. The van der Waals surface area contributed by atoms with Gasteiger partial charge in [-0.05, 0) is 32.3 Å². The van der Waals surface area contributed by atoms with E-state index in [0.29, 0.717) is 9.88 Å². The smallest absolute Gasteiger partial charge is 0.306 e. The number of benzene rings is 1. The van der Waals surface area contributed by atoms with Crippen LogP contribution in [0.5, 0.6) is 0 Å². The lowest BCUT2D eigenvalue weighted by Gasteiger charge is -2.31. The van der Waals surface area contributed by atoms with Crippen LogP contribution in [0.3, 0.4) is 0 Å². The summed E-state index contributed by atoms with van der Waals surface area (Å²) >= 11 is 3.09. The number of hydrogen-bond acceptors (Lipinski definition) is 12. The summed E-state index contributed by atoms with van der Waals surface area (Å²) in [6.07, 6.45) is 1.57. The van der Waals surface area contributed by atoms with E-state index in [-0.39, 0.29) is 43.5 Å². The number of ketones is 1. The first-order valence-electron chi connectivity index (χ1n) is 14.6. The van der Waals surface area contributed by atoms with Crippen LogP contribution in [0.25, 0.3) is 0 Å². The van der Waals surface area contributed by atoms with Crippen LogP contribution in [0.15, 0.2) is 36.5 Å². The minimum atomic E-state index is -1.62. The number of carbonyl (C=O) groups excluding carboxylic acids is 6. The zero-order chi connectivity index (χ0) is 35.0. The molecule has 0 saturated carbocycles. The molecule has 0 aliphatic carbocycles. The Labute approximate surface area is 291 Å². The van der Waals surface area contributed by atoms with E-state index < -0.39 is 59.2 Å². The lowest BCUT2D eigenvalue weighted by molar-refractivity contribution is -0.164. The molecule has 0 saturated heterocycles. The highest BCUT2D eigenvalue weighted by Crippen LogP contribution is 2.21. The number of aryl methyl sites for hydroxylation is 1. The van der Waals surface area contributed by atoms with E-state index >= 15 is 0 Å². The summed E-state index contributed by atoms with van der Waals surface area (Å²) < 4.78 is 20.9. The zero-order valence-corrected chi connectivity index (χ0v) is 29.9.